The van der Waals surface area contributed by atoms with Crippen LogP contribution in [0.5, 0.6) is 0 Å². The van der Waals surface area contributed by atoms with Crippen LogP contribution in [-0.4, -0.2) is 12.1 Å². The van der Waals surface area contributed by atoms with Crippen LogP contribution in [0.2, 0.25) is 0 Å². The minimum absolute atomic E-state index is 0.139. The average Bonchev–Trinajstić information content (AvgIpc) is 2.39. The van der Waals surface area contributed by atoms with Crippen LogP contribution in [-0.2, 0) is 0 Å². The third-order valence-electron chi connectivity index (χ3n) is 2.42. The summed E-state index contributed by atoms with van der Waals surface area (Å²) in [6.45, 7) is 0. The maximum Gasteiger partial charge on any atom is 0.193 e. The Labute approximate surface area is 107 Å². The first-order chi connectivity index (χ1) is 8.22. The molecular weight excluding hydrogens is 280 g/mol. The fourth-order valence-corrected chi connectivity index (χ4v) is 1.96. The van der Waals surface area contributed by atoms with E-state index in [1.807, 2.05) is 6.07 Å². The molecule has 3 heteroatoms. The molecule has 2 aromatic carbocycles. The standard InChI is InChI=1S/C14H9BrO2/c15-12-6-7-13(11(8-12)9-16)14(17)10-4-2-1-3-5-10/h1-9H. The van der Waals surface area contributed by atoms with E-state index in [1.165, 1.54) is 0 Å². The second kappa shape index (κ2) is 5.06. The minimum atomic E-state index is -0.139. The maximum atomic E-state index is 12.2. The van der Waals surface area contributed by atoms with E-state index in [-0.39, 0.29) is 5.78 Å². The molecule has 0 unspecified atom stereocenters. The lowest BCUT2D eigenvalue weighted by Gasteiger charge is -2.04. The molecule has 0 heterocycles. The van der Waals surface area contributed by atoms with Gasteiger partial charge in [-0.05, 0) is 18.2 Å². The molecule has 0 N–H and O–H groups in total. The lowest BCUT2D eigenvalue weighted by molar-refractivity contribution is 0.102. The average molecular weight is 289 g/mol. The largest absolute Gasteiger partial charge is 0.298 e. The summed E-state index contributed by atoms with van der Waals surface area (Å²) in [6, 6.07) is 14.0. The van der Waals surface area contributed by atoms with Gasteiger partial charge in [0.05, 0.1) is 0 Å². The molecule has 0 saturated heterocycles. The Morgan fingerprint density at radius 2 is 1.76 bits per heavy atom. The number of halogens is 1. The van der Waals surface area contributed by atoms with Crippen molar-refractivity contribution in [2.75, 3.05) is 0 Å². The number of carbonyl (C=O) groups is 2. The van der Waals surface area contributed by atoms with Gasteiger partial charge in [-0.2, -0.15) is 0 Å². The summed E-state index contributed by atoms with van der Waals surface area (Å²) in [4.78, 5) is 23.1. The van der Waals surface area contributed by atoms with E-state index in [0.29, 0.717) is 23.0 Å². The van der Waals surface area contributed by atoms with E-state index in [9.17, 15) is 9.59 Å². The van der Waals surface area contributed by atoms with Gasteiger partial charge in [-0.3, -0.25) is 9.59 Å². The van der Waals surface area contributed by atoms with Crippen LogP contribution in [0.3, 0.4) is 0 Å². The van der Waals surface area contributed by atoms with Crippen LogP contribution in [0.15, 0.2) is 53.0 Å². The molecule has 2 rings (SSSR count). The molecule has 0 radical (unpaired) electrons. The molecule has 17 heavy (non-hydrogen) atoms. The van der Waals surface area contributed by atoms with Gasteiger partial charge in [-0.25, -0.2) is 0 Å². The van der Waals surface area contributed by atoms with Crippen LogP contribution in [0.25, 0.3) is 0 Å². The number of hydrogen-bond donors (Lipinski definition) is 0. The topological polar surface area (TPSA) is 34.1 Å². The fourth-order valence-electron chi connectivity index (χ4n) is 1.58. The number of ketones is 1. The molecule has 0 saturated carbocycles. The van der Waals surface area contributed by atoms with E-state index in [2.05, 4.69) is 15.9 Å². The van der Waals surface area contributed by atoms with Gasteiger partial charge in [-0.15, -0.1) is 0 Å². The van der Waals surface area contributed by atoms with Crippen molar-refractivity contribution in [3.05, 3.63) is 69.7 Å². The van der Waals surface area contributed by atoms with Gasteiger partial charge < -0.3 is 0 Å². The van der Waals surface area contributed by atoms with Gasteiger partial charge in [0.25, 0.3) is 0 Å². The van der Waals surface area contributed by atoms with E-state index < -0.39 is 0 Å². The zero-order valence-electron chi connectivity index (χ0n) is 8.89. The highest BCUT2D eigenvalue weighted by molar-refractivity contribution is 9.10. The van der Waals surface area contributed by atoms with E-state index >= 15 is 0 Å². The normalized spacial score (nSPS) is 9.94. The summed E-state index contributed by atoms with van der Waals surface area (Å²) in [5.74, 6) is -0.139. The van der Waals surface area contributed by atoms with Crippen molar-refractivity contribution in [2.45, 2.75) is 0 Å². The molecular formula is C14H9BrO2. The molecule has 0 aliphatic rings. The van der Waals surface area contributed by atoms with Crippen molar-refractivity contribution >= 4 is 28.0 Å². The number of hydrogen-bond acceptors (Lipinski definition) is 2. The van der Waals surface area contributed by atoms with Crippen LogP contribution in [0.1, 0.15) is 26.3 Å². The highest BCUT2D eigenvalue weighted by Crippen LogP contribution is 2.18. The quantitative estimate of drug-likeness (QED) is 0.640. The third-order valence-corrected chi connectivity index (χ3v) is 2.91. The van der Waals surface area contributed by atoms with E-state index in [0.717, 1.165) is 4.47 Å². The molecule has 0 aliphatic heterocycles. The first-order valence-electron chi connectivity index (χ1n) is 5.07. The molecule has 84 valence electrons. The van der Waals surface area contributed by atoms with Gasteiger partial charge in [0, 0.05) is 21.2 Å². The van der Waals surface area contributed by atoms with Crippen molar-refractivity contribution in [1.29, 1.82) is 0 Å². The summed E-state index contributed by atoms with van der Waals surface area (Å²) in [6.07, 6.45) is 0.695. The zero-order chi connectivity index (χ0) is 12.3. The summed E-state index contributed by atoms with van der Waals surface area (Å²) >= 11 is 3.27. The molecule has 0 aromatic heterocycles. The first kappa shape index (κ1) is 11.7. The van der Waals surface area contributed by atoms with Crippen LogP contribution < -0.4 is 0 Å². The van der Waals surface area contributed by atoms with Crippen molar-refractivity contribution in [2.24, 2.45) is 0 Å². The lowest BCUT2D eigenvalue weighted by atomic mass is 9.99. The SMILES string of the molecule is O=Cc1cc(Br)ccc1C(=O)c1ccccc1. The Hall–Kier alpha value is -1.74. The number of aldehydes is 1. The van der Waals surface area contributed by atoms with Crippen LogP contribution in [0.4, 0.5) is 0 Å². The van der Waals surface area contributed by atoms with Crippen LogP contribution >= 0.6 is 15.9 Å². The number of benzene rings is 2. The summed E-state index contributed by atoms with van der Waals surface area (Å²) in [5, 5.41) is 0. The number of carbonyl (C=O) groups excluding carboxylic acids is 2. The van der Waals surface area contributed by atoms with Crippen molar-refractivity contribution in [3.8, 4) is 0 Å². The molecule has 0 amide bonds. The highest BCUT2D eigenvalue weighted by Gasteiger charge is 2.12. The van der Waals surface area contributed by atoms with Gasteiger partial charge in [0.15, 0.2) is 12.1 Å². The Balaban J connectivity index is 2.48. The molecule has 0 fully saturated rings. The Bertz CT molecular complexity index is 562. The van der Waals surface area contributed by atoms with Gasteiger partial charge in [0.1, 0.15) is 0 Å². The van der Waals surface area contributed by atoms with Crippen molar-refractivity contribution < 1.29 is 9.59 Å². The molecule has 0 spiro atoms. The van der Waals surface area contributed by atoms with Gasteiger partial charge in [-0.1, -0.05) is 46.3 Å². The Morgan fingerprint density at radius 1 is 1.06 bits per heavy atom. The minimum Gasteiger partial charge on any atom is -0.298 e. The summed E-state index contributed by atoms with van der Waals surface area (Å²) < 4.78 is 0.782. The monoisotopic (exact) mass is 288 g/mol. The van der Waals surface area contributed by atoms with E-state index in [1.54, 1.807) is 42.5 Å². The van der Waals surface area contributed by atoms with Crippen molar-refractivity contribution in [3.63, 3.8) is 0 Å². The molecule has 2 aromatic rings. The van der Waals surface area contributed by atoms with Crippen molar-refractivity contribution in [1.82, 2.24) is 0 Å². The Morgan fingerprint density at radius 3 is 2.41 bits per heavy atom. The smallest absolute Gasteiger partial charge is 0.193 e. The Kier molecular flexibility index (Phi) is 3.49. The highest BCUT2D eigenvalue weighted by atomic mass is 79.9. The van der Waals surface area contributed by atoms with Gasteiger partial charge >= 0.3 is 0 Å². The second-order valence-corrected chi connectivity index (χ2v) is 4.46. The predicted octanol–water partition coefficient (Wildman–Crippen LogP) is 3.49. The molecule has 2 nitrogen and oxygen atoms in total. The maximum absolute atomic E-state index is 12.2. The zero-order valence-corrected chi connectivity index (χ0v) is 10.5. The molecule has 0 atom stereocenters. The lowest BCUT2D eigenvalue weighted by Crippen LogP contribution is -2.04. The first-order valence-corrected chi connectivity index (χ1v) is 5.86. The molecule has 0 bridgehead atoms. The van der Waals surface area contributed by atoms with Gasteiger partial charge in [0.2, 0.25) is 0 Å². The predicted molar refractivity (Wildman–Crippen MR) is 69.4 cm³/mol. The van der Waals surface area contributed by atoms with E-state index in [4.69, 9.17) is 0 Å². The fraction of sp³-hybridized carbons (Fsp3) is 0. The third kappa shape index (κ3) is 2.50. The summed E-state index contributed by atoms with van der Waals surface area (Å²) in [7, 11) is 0. The van der Waals surface area contributed by atoms with Crippen LogP contribution in [0, 0.1) is 0 Å². The summed E-state index contributed by atoms with van der Waals surface area (Å²) in [5.41, 5.74) is 1.40. The second-order valence-electron chi connectivity index (χ2n) is 3.54. The number of rotatable bonds is 3. The molecule has 0 aliphatic carbocycles.